The molecule has 0 aromatic carbocycles. The average Bonchev–Trinajstić information content (AvgIpc) is 3.04. The Labute approximate surface area is 184 Å². The highest BCUT2D eigenvalue weighted by atomic mass is 16.3. The van der Waals surface area contributed by atoms with Gasteiger partial charge in [0.2, 0.25) is 0 Å². The normalized spacial score (nSPS) is 45.7. The molecular weight excluding hydrogens is 368 g/mol. The number of ketones is 1. The van der Waals surface area contributed by atoms with Gasteiger partial charge in [-0.2, -0.15) is 0 Å². The lowest BCUT2D eigenvalue weighted by atomic mass is 9.46. The number of allylic oxidation sites excluding steroid dienone is 3. The highest BCUT2D eigenvalue weighted by Crippen LogP contribution is 2.66. The lowest BCUT2D eigenvalue weighted by molar-refractivity contribution is -0.134. The highest BCUT2D eigenvalue weighted by molar-refractivity contribution is 5.94. The summed E-state index contributed by atoms with van der Waals surface area (Å²) in [6.45, 7) is 14.3. The molecule has 4 rings (SSSR count). The fourth-order valence-corrected chi connectivity index (χ4v) is 7.99. The van der Waals surface area contributed by atoms with Crippen LogP contribution in [0.4, 0.5) is 0 Å². The van der Waals surface area contributed by atoms with E-state index < -0.39 is 0 Å². The second kappa shape index (κ2) is 7.91. The van der Waals surface area contributed by atoms with Crippen molar-refractivity contribution < 1.29 is 9.90 Å². The predicted octanol–water partition coefficient (Wildman–Crippen LogP) is 6.59. The van der Waals surface area contributed by atoms with Gasteiger partial charge < -0.3 is 5.11 Å². The van der Waals surface area contributed by atoms with Crippen molar-refractivity contribution >= 4 is 5.78 Å². The minimum atomic E-state index is -0.251. The van der Waals surface area contributed by atoms with Crippen LogP contribution in [0.1, 0.15) is 86.5 Å². The second-order valence-electron chi connectivity index (χ2n) is 12.2. The predicted molar refractivity (Wildman–Crippen MR) is 124 cm³/mol. The molecule has 4 aliphatic carbocycles. The zero-order valence-electron chi connectivity index (χ0n) is 20.2. The van der Waals surface area contributed by atoms with Crippen LogP contribution < -0.4 is 0 Å². The van der Waals surface area contributed by atoms with Crippen LogP contribution in [0.5, 0.6) is 0 Å². The van der Waals surface area contributed by atoms with Gasteiger partial charge in [-0.25, -0.2) is 0 Å². The van der Waals surface area contributed by atoms with E-state index in [0.29, 0.717) is 47.7 Å². The molecule has 3 fully saturated rings. The Hall–Kier alpha value is -0.890. The number of carbonyl (C=O) groups excluding carboxylic acids is 1. The zero-order valence-corrected chi connectivity index (χ0v) is 20.2. The smallest absolute Gasteiger partial charge is 0.159 e. The molecule has 168 valence electrons. The van der Waals surface area contributed by atoms with E-state index in [-0.39, 0.29) is 22.9 Å². The van der Waals surface area contributed by atoms with E-state index in [4.69, 9.17) is 0 Å². The first-order valence-corrected chi connectivity index (χ1v) is 12.7. The molecule has 2 heteroatoms. The Bertz CT molecular complexity index is 733. The van der Waals surface area contributed by atoms with E-state index in [1.54, 1.807) is 0 Å². The number of fused-ring (bicyclic) bond motifs is 5. The summed E-state index contributed by atoms with van der Waals surface area (Å²) in [4.78, 5) is 13.4. The summed E-state index contributed by atoms with van der Waals surface area (Å²) in [5, 5.41) is 10.2. The quantitative estimate of drug-likeness (QED) is 0.529. The van der Waals surface area contributed by atoms with Gasteiger partial charge in [-0.3, -0.25) is 4.79 Å². The standard InChI is InChI=1S/C28H44O2/c1-17(2)18(3)7-8-19(4)22-9-10-23-26-24(12-14-28(22,23)6)27(5)13-11-21(29)15-20(27)16-25(26)30/h7-8,16-19,21-24,26,29H,9-15H2,1-6H3/b8-7+/t18-,19+,21-,22+,23?,24?,26?,27-,28+/m0/s1. The van der Waals surface area contributed by atoms with Gasteiger partial charge in [-0.1, -0.05) is 59.3 Å². The molecule has 3 saturated carbocycles. The molecule has 4 aliphatic rings. The van der Waals surface area contributed by atoms with Gasteiger partial charge in [0, 0.05) is 5.92 Å². The molecular formula is C28H44O2. The summed E-state index contributed by atoms with van der Waals surface area (Å²) in [5.41, 5.74) is 1.68. The Morgan fingerprint density at radius 1 is 1.00 bits per heavy atom. The van der Waals surface area contributed by atoms with Crippen LogP contribution in [-0.2, 0) is 4.79 Å². The van der Waals surface area contributed by atoms with Gasteiger partial charge in [-0.05, 0) is 97.4 Å². The summed E-state index contributed by atoms with van der Waals surface area (Å²) < 4.78 is 0. The van der Waals surface area contributed by atoms with Crippen molar-refractivity contribution in [3.8, 4) is 0 Å². The van der Waals surface area contributed by atoms with E-state index >= 15 is 0 Å². The molecule has 0 aliphatic heterocycles. The molecule has 0 heterocycles. The first-order valence-electron chi connectivity index (χ1n) is 12.7. The first kappa shape index (κ1) is 22.3. The maximum absolute atomic E-state index is 13.4. The summed E-state index contributed by atoms with van der Waals surface area (Å²) in [5.74, 6) is 4.21. The molecule has 0 bridgehead atoms. The summed E-state index contributed by atoms with van der Waals surface area (Å²) >= 11 is 0. The Kier molecular flexibility index (Phi) is 5.88. The van der Waals surface area contributed by atoms with Crippen LogP contribution in [0.15, 0.2) is 23.8 Å². The maximum Gasteiger partial charge on any atom is 0.159 e. The lowest BCUT2D eigenvalue weighted by Gasteiger charge is -2.57. The van der Waals surface area contributed by atoms with E-state index in [1.165, 1.54) is 31.3 Å². The maximum atomic E-state index is 13.4. The van der Waals surface area contributed by atoms with Crippen LogP contribution in [0, 0.1) is 52.3 Å². The van der Waals surface area contributed by atoms with Crippen molar-refractivity contribution in [1.29, 1.82) is 0 Å². The van der Waals surface area contributed by atoms with E-state index in [1.807, 2.05) is 6.08 Å². The van der Waals surface area contributed by atoms with Gasteiger partial charge in [0.05, 0.1) is 6.10 Å². The summed E-state index contributed by atoms with van der Waals surface area (Å²) in [6.07, 6.45) is 14.2. The minimum absolute atomic E-state index is 0.134. The number of carbonyl (C=O) groups is 1. The van der Waals surface area contributed by atoms with Gasteiger partial charge in [0.25, 0.3) is 0 Å². The van der Waals surface area contributed by atoms with Gasteiger partial charge in [0.15, 0.2) is 5.78 Å². The molecule has 0 amide bonds. The minimum Gasteiger partial charge on any atom is -0.393 e. The van der Waals surface area contributed by atoms with Crippen LogP contribution in [0.2, 0.25) is 0 Å². The molecule has 0 saturated heterocycles. The van der Waals surface area contributed by atoms with Gasteiger partial charge >= 0.3 is 0 Å². The van der Waals surface area contributed by atoms with Crippen LogP contribution in [-0.4, -0.2) is 17.0 Å². The van der Waals surface area contributed by atoms with Crippen molar-refractivity contribution in [2.45, 2.75) is 92.6 Å². The largest absolute Gasteiger partial charge is 0.393 e. The molecule has 9 atom stereocenters. The third-order valence-electron chi connectivity index (χ3n) is 10.4. The molecule has 3 unspecified atom stereocenters. The average molecular weight is 413 g/mol. The van der Waals surface area contributed by atoms with Crippen LogP contribution in [0.3, 0.4) is 0 Å². The monoisotopic (exact) mass is 412 g/mol. The number of hydrogen-bond acceptors (Lipinski definition) is 2. The molecule has 0 aromatic rings. The Morgan fingerprint density at radius 3 is 2.43 bits per heavy atom. The van der Waals surface area contributed by atoms with Crippen molar-refractivity contribution in [3.63, 3.8) is 0 Å². The Balaban J connectivity index is 1.58. The highest BCUT2D eigenvalue weighted by Gasteiger charge is 2.61. The van der Waals surface area contributed by atoms with Crippen LogP contribution >= 0.6 is 0 Å². The van der Waals surface area contributed by atoms with E-state index in [0.717, 1.165) is 12.8 Å². The van der Waals surface area contributed by atoms with Crippen molar-refractivity contribution in [3.05, 3.63) is 23.8 Å². The third kappa shape index (κ3) is 3.46. The summed E-state index contributed by atoms with van der Waals surface area (Å²) in [6, 6.07) is 0. The molecule has 30 heavy (non-hydrogen) atoms. The van der Waals surface area contributed by atoms with E-state index in [2.05, 4.69) is 53.7 Å². The molecule has 2 nitrogen and oxygen atoms in total. The molecule has 0 spiro atoms. The second-order valence-corrected chi connectivity index (χ2v) is 12.2. The van der Waals surface area contributed by atoms with Crippen molar-refractivity contribution in [2.24, 2.45) is 52.3 Å². The summed E-state index contributed by atoms with van der Waals surface area (Å²) in [7, 11) is 0. The SMILES string of the molecule is CC(C)[C@@H](C)/C=C/[C@@H](C)[C@H]1CCC2C3C(=O)C=C4C[C@@H](O)CC[C@]4(C)C3CC[C@@]21C. The molecule has 1 N–H and O–H groups in total. The zero-order chi connectivity index (χ0) is 21.8. The first-order chi connectivity index (χ1) is 14.1. The molecule has 0 aromatic heterocycles. The van der Waals surface area contributed by atoms with Crippen molar-refractivity contribution in [2.75, 3.05) is 0 Å². The fourth-order valence-electron chi connectivity index (χ4n) is 7.99. The number of aliphatic hydroxyl groups excluding tert-OH is 1. The fraction of sp³-hybridized carbons (Fsp3) is 0.821. The number of aliphatic hydroxyl groups is 1. The topological polar surface area (TPSA) is 37.3 Å². The van der Waals surface area contributed by atoms with Crippen molar-refractivity contribution in [1.82, 2.24) is 0 Å². The third-order valence-corrected chi connectivity index (χ3v) is 10.4. The van der Waals surface area contributed by atoms with Crippen LogP contribution in [0.25, 0.3) is 0 Å². The number of rotatable bonds is 4. The van der Waals surface area contributed by atoms with Gasteiger partial charge in [0.1, 0.15) is 0 Å². The number of hydrogen-bond donors (Lipinski definition) is 1. The van der Waals surface area contributed by atoms with E-state index in [9.17, 15) is 9.90 Å². The Morgan fingerprint density at radius 2 is 1.73 bits per heavy atom. The van der Waals surface area contributed by atoms with Gasteiger partial charge in [-0.15, -0.1) is 0 Å². The lowest BCUT2D eigenvalue weighted by Crippen LogP contribution is -2.53. The molecule has 0 radical (unpaired) electrons.